The van der Waals surface area contributed by atoms with Crippen LogP contribution in [0.15, 0.2) is 47.4 Å². The van der Waals surface area contributed by atoms with E-state index in [9.17, 15) is 13.2 Å². The Hall–Kier alpha value is -2.38. The van der Waals surface area contributed by atoms with Gasteiger partial charge in [-0.3, -0.25) is 0 Å². The largest absolute Gasteiger partial charge is 0.493 e. The fourth-order valence-electron chi connectivity index (χ4n) is 2.39. The van der Waals surface area contributed by atoms with Crippen molar-refractivity contribution < 1.29 is 22.7 Å². The Morgan fingerprint density at radius 3 is 2.24 bits per heavy atom. The normalized spacial score (nSPS) is 12.4. The molecule has 134 valence electrons. The summed E-state index contributed by atoms with van der Waals surface area (Å²) in [7, 11) is -0.756. The SMILES string of the molecule is COc1ccc([C@H](CC=O)NS(=O)(=O)c2ccc(C)cc2)cc1OC. The molecule has 0 spiro atoms. The topological polar surface area (TPSA) is 81.7 Å². The molecule has 0 amide bonds. The van der Waals surface area contributed by atoms with Gasteiger partial charge in [-0.05, 0) is 36.8 Å². The van der Waals surface area contributed by atoms with Gasteiger partial charge in [-0.2, -0.15) is 0 Å². The number of methoxy groups -OCH3 is 2. The van der Waals surface area contributed by atoms with Crippen molar-refractivity contribution in [2.75, 3.05) is 14.2 Å². The standard InChI is InChI=1S/C18H21NO5S/c1-13-4-7-15(8-5-13)25(21,22)19-16(10-11-20)14-6-9-17(23-2)18(12-14)24-3/h4-9,11-12,16,19H,10H2,1-3H3/t16-/m0/s1. The molecular formula is C18H21NO5S. The zero-order chi connectivity index (χ0) is 18.4. The molecule has 6 nitrogen and oxygen atoms in total. The third-order valence-corrected chi connectivity index (χ3v) is 5.26. The Morgan fingerprint density at radius 1 is 1.04 bits per heavy atom. The predicted octanol–water partition coefficient (Wildman–Crippen LogP) is 2.62. The average Bonchev–Trinajstić information content (AvgIpc) is 2.61. The van der Waals surface area contributed by atoms with Crippen LogP contribution in [0.5, 0.6) is 11.5 Å². The molecule has 2 aromatic carbocycles. The molecule has 2 rings (SSSR count). The van der Waals surface area contributed by atoms with Gasteiger partial charge in [0.15, 0.2) is 11.5 Å². The highest BCUT2D eigenvalue weighted by Crippen LogP contribution is 2.31. The number of aryl methyl sites for hydroxylation is 1. The summed E-state index contributed by atoms with van der Waals surface area (Å²) < 4.78 is 38.2. The number of hydrogen-bond donors (Lipinski definition) is 1. The number of aldehydes is 1. The van der Waals surface area contributed by atoms with Crippen LogP contribution in [0, 0.1) is 6.92 Å². The molecule has 0 aliphatic carbocycles. The number of hydrogen-bond acceptors (Lipinski definition) is 5. The minimum atomic E-state index is -3.76. The third kappa shape index (κ3) is 4.58. The zero-order valence-corrected chi connectivity index (χ0v) is 15.2. The summed E-state index contributed by atoms with van der Waals surface area (Å²) in [4.78, 5) is 11.2. The van der Waals surface area contributed by atoms with Crippen molar-refractivity contribution >= 4 is 16.3 Å². The molecule has 7 heteroatoms. The van der Waals surface area contributed by atoms with Crippen molar-refractivity contribution in [3.8, 4) is 11.5 Å². The van der Waals surface area contributed by atoms with Gasteiger partial charge >= 0.3 is 0 Å². The summed E-state index contributed by atoms with van der Waals surface area (Å²) in [6.07, 6.45) is 0.680. The maximum Gasteiger partial charge on any atom is 0.241 e. The van der Waals surface area contributed by atoms with Gasteiger partial charge in [-0.15, -0.1) is 0 Å². The summed E-state index contributed by atoms with van der Waals surface area (Å²) in [5.74, 6) is 0.989. The molecule has 25 heavy (non-hydrogen) atoms. The van der Waals surface area contributed by atoms with Gasteiger partial charge in [0.2, 0.25) is 10.0 Å². The highest BCUT2D eigenvalue weighted by atomic mass is 32.2. The van der Waals surface area contributed by atoms with Crippen LogP contribution in [-0.2, 0) is 14.8 Å². The van der Waals surface area contributed by atoms with E-state index in [1.54, 1.807) is 30.3 Å². The quantitative estimate of drug-likeness (QED) is 0.729. The van der Waals surface area contributed by atoms with E-state index in [1.165, 1.54) is 26.4 Å². The fraction of sp³-hybridized carbons (Fsp3) is 0.278. The Kier molecular flexibility index (Phi) is 6.17. The molecule has 0 heterocycles. The molecule has 0 aliphatic rings. The van der Waals surface area contributed by atoms with Gasteiger partial charge in [0.25, 0.3) is 0 Å². The Morgan fingerprint density at radius 2 is 1.68 bits per heavy atom. The van der Waals surface area contributed by atoms with Crippen LogP contribution in [-0.4, -0.2) is 28.9 Å². The fourth-order valence-corrected chi connectivity index (χ4v) is 3.63. The highest BCUT2D eigenvalue weighted by Gasteiger charge is 2.22. The van der Waals surface area contributed by atoms with Crippen molar-refractivity contribution in [3.63, 3.8) is 0 Å². The molecule has 2 aromatic rings. The summed E-state index contributed by atoms with van der Waals surface area (Å²) in [6.45, 7) is 1.88. The number of sulfonamides is 1. The Labute approximate surface area is 147 Å². The number of benzene rings is 2. The van der Waals surface area contributed by atoms with Crippen molar-refractivity contribution in [2.45, 2.75) is 24.3 Å². The minimum absolute atomic E-state index is 0.000570. The second-order valence-electron chi connectivity index (χ2n) is 5.50. The van der Waals surface area contributed by atoms with E-state index in [1.807, 2.05) is 6.92 Å². The molecule has 0 bridgehead atoms. The van der Waals surface area contributed by atoms with Gasteiger partial charge in [0.05, 0.1) is 25.2 Å². The first kappa shape index (κ1) is 19.0. The van der Waals surface area contributed by atoms with E-state index in [0.717, 1.165) is 5.56 Å². The number of carbonyl (C=O) groups excluding carboxylic acids is 1. The van der Waals surface area contributed by atoms with E-state index < -0.39 is 16.1 Å². The van der Waals surface area contributed by atoms with Gasteiger partial charge in [-0.1, -0.05) is 23.8 Å². The first-order valence-electron chi connectivity index (χ1n) is 7.66. The van der Waals surface area contributed by atoms with Crippen LogP contribution < -0.4 is 14.2 Å². The summed E-state index contributed by atoms with van der Waals surface area (Å²) in [5.41, 5.74) is 1.57. The van der Waals surface area contributed by atoms with E-state index in [-0.39, 0.29) is 11.3 Å². The second kappa shape index (κ2) is 8.13. The van der Waals surface area contributed by atoms with Crippen molar-refractivity contribution in [3.05, 3.63) is 53.6 Å². The molecule has 0 saturated heterocycles. The smallest absolute Gasteiger partial charge is 0.241 e. The Balaban J connectivity index is 2.35. The van der Waals surface area contributed by atoms with Gasteiger partial charge in [-0.25, -0.2) is 13.1 Å². The predicted molar refractivity (Wildman–Crippen MR) is 94.5 cm³/mol. The van der Waals surface area contributed by atoms with Crippen molar-refractivity contribution in [1.82, 2.24) is 4.72 Å². The second-order valence-corrected chi connectivity index (χ2v) is 7.22. The van der Waals surface area contributed by atoms with E-state index >= 15 is 0 Å². The first-order valence-corrected chi connectivity index (χ1v) is 9.14. The summed E-state index contributed by atoms with van der Waals surface area (Å²) >= 11 is 0. The zero-order valence-electron chi connectivity index (χ0n) is 14.4. The molecule has 0 saturated carbocycles. The number of nitrogens with one attached hydrogen (secondary N) is 1. The molecule has 1 N–H and O–H groups in total. The highest BCUT2D eigenvalue weighted by molar-refractivity contribution is 7.89. The first-order chi connectivity index (χ1) is 11.9. The molecular weight excluding hydrogens is 342 g/mol. The van der Waals surface area contributed by atoms with Crippen LogP contribution in [0.3, 0.4) is 0 Å². The number of carbonyl (C=O) groups is 1. The third-order valence-electron chi connectivity index (χ3n) is 3.77. The lowest BCUT2D eigenvalue weighted by atomic mass is 10.0. The van der Waals surface area contributed by atoms with Crippen LogP contribution in [0.2, 0.25) is 0 Å². The Bertz CT molecular complexity index is 831. The van der Waals surface area contributed by atoms with E-state index in [4.69, 9.17) is 9.47 Å². The van der Waals surface area contributed by atoms with Gasteiger partial charge in [0, 0.05) is 6.42 Å². The van der Waals surface area contributed by atoms with Crippen molar-refractivity contribution in [2.24, 2.45) is 0 Å². The van der Waals surface area contributed by atoms with Crippen molar-refractivity contribution in [1.29, 1.82) is 0 Å². The minimum Gasteiger partial charge on any atom is -0.493 e. The lowest BCUT2D eigenvalue weighted by Crippen LogP contribution is -2.29. The molecule has 0 aliphatic heterocycles. The van der Waals surface area contributed by atoms with Crippen LogP contribution in [0.25, 0.3) is 0 Å². The summed E-state index contributed by atoms with van der Waals surface area (Å²) in [6, 6.07) is 10.8. The average molecular weight is 363 g/mol. The van der Waals surface area contributed by atoms with Gasteiger partial charge in [0.1, 0.15) is 6.29 Å². The van der Waals surface area contributed by atoms with Gasteiger partial charge < -0.3 is 14.3 Å². The molecule has 1 atom stereocenters. The molecule has 0 fully saturated rings. The maximum atomic E-state index is 12.6. The molecule has 0 radical (unpaired) electrons. The van der Waals surface area contributed by atoms with Crippen LogP contribution in [0.1, 0.15) is 23.6 Å². The van der Waals surface area contributed by atoms with Crippen LogP contribution in [0.4, 0.5) is 0 Å². The summed E-state index contributed by atoms with van der Waals surface area (Å²) in [5, 5.41) is 0. The molecule has 0 unspecified atom stereocenters. The lowest BCUT2D eigenvalue weighted by molar-refractivity contribution is -0.108. The lowest BCUT2D eigenvalue weighted by Gasteiger charge is -2.19. The monoisotopic (exact) mass is 363 g/mol. The molecule has 0 aromatic heterocycles. The van der Waals surface area contributed by atoms with Crippen LogP contribution >= 0.6 is 0 Å². The van der Waals surface area contributed by atoms with E-state index in [2.05, 4.69) is 4.72 Å². The number of ether oxygens (including phenoxy) is 2. The maximum absolute atomic E-state index is 12.6. The number of rotatable bonds is 8. The van der Waals surface area contributed by atoms with E-state index in [0.29, 0.717) is 23.3 Å².